The minimum absolute atomic E-state index is 0.242. The van der Waals surface area contributed by atoms with Crippen molar-refractivity contribution in [1.29, 1.82) is 0 Å². The highest BCUT2D eigenvalue weighted by Gasteiger charge is 2.44. The SMILES string of the molecule is CC1(C)c2cccc3c2-n2c4c1cc(-c1ccc(N(C5=CC=C6C=CC=CC6C5)c5ccc6ccccc6c5)cc1)cc4c1cc(-c4ccc(N(c5ccc6ccccc6c5)c5ccc6ccccc6c5)cc4)cc(c12)C3(C)C. The molecule has 0 saturated carbocycles. The van der Waals surface area contributed by atoms with Crippen molar-refractivity contribution in [3.05, 3.63) is 288 Å². The zero-order chi connectivity index (χ0) is 52.7. The predicted octanol–water partition coefficient (Wildman–Crippen LogP) is 20.4. The van der Waals surface area contributed by atoms with Crippen molar-refractivity contribution >= 4 is 82.6 Å². The zero-order valence-electron chi connectivity index (χ0n) is 44.9. The van der Waals surface area contributed by atoms with Gasteiger partial charge in [0, 0.05) is 61.7 Å². The highest BCUT2D eigenvalue weighted by molar-refractivity contribution is 6.16. The Morgan fingerprint density at radius 1 is 0.380 bits per heavy atom. The smallest absolute Gasteiger partial charge is 0.0582 e. The van der Waals surface area contributed by atoms with Crippen LogP contribution in [0.2, 0.25) is 0 Å². The molecule has 0 radical (unpaired) electrons. The normalized spacial score (nSPS) is 16.2. The maximum Gasteiger partial charge on any atom is 0.0582 e. The second kappa shape index (κ2) is 17.0. The van der Waals surface area contributed by atoms with E-state index in [2.05, 4.69) is 297 Å². The third-order valence-corrected chi connectivity index (χ3v) is 18.2. The fourth-order valence-corrected chi connectivity index (χ4v) is 14.0. The van der Waals surface area contributed by atoms with Crippen molar-refractivity contribution in [2.45, 2.75) is 44.9 Å². The lowest BCUT2D eigenvalue weighted by atomic mass is 9.68. The molecule has 2 aliphatic heterocycles. The van der Waals surface area contributed by atoms with Crippen LogP contribution < -0.4 is 9.80 Å². The van der Waals surface area contributed by atoms with Crippen LogP contribution in [0.4, 0.5) is 28.4 Å². The van der Waals surface area contributed by atoms with Gasteiger partial charge in [0.15, 0.2) is 0 Å². The Kier molecular flexibility index (Phi) is 9.86. The molecule has 1 aromatic heterocycles. The lowest BCUT2D eigenvalue weighted by molar-refractivity contribution is 0.594. The summed E-state index contributed by atoms with van der Waals surface area (Å²) in [6.07, 6.45) is 14.5. The first-order chi connectivity index (χ1) is 38.6. The quantitative estimate of drug-likeness (QED) is 0.150. The summed E-state index contributed by atoms with van der Waals surface area (Å²) in [5.74, 6) is 0.358. The van der Waals surface area contributed by atoms with Crippen LogP contribution in [0.25, 0.3) is 82.1 Å². The highest BCUT2D eigenvalue weighted by Crippen LogP contribution is 2.57. The van der Waals surface area contributed by atoms with E-state index in [1.807, 2.05) is 0 Å². The van der Waals surface area contributed by atoms with E-state index in [-0.39, 0.29) is 10.8 Å². The third kappa shape index (κ3) is 6.98. The summed E-state index contributed by atoms with van der Waals surface area (Å²) < 4.78 is 2.65. The first-order valence-corrected chi connectivity index (χ1v) is 28.0. The average molecular weight is 1010 g/mol. The zero-order valence-corrected chi connectivity index (χ0v) is 44.9. The number of nitrogens with zero attached hydrogens (tertiary/aromatic N) is 3. The molecule has 2 aliphatic carbocycles. The van der Waals surface area contributed by atoms with Gasteiger partial charge in [0.25, 0.3) is 0 Å². The molecule has 4 aliphatic rings. The summed E-state index contributed by atoms with van der Waals surface area (Å²) in [4.78, 5) is 4.88. The second-order valence-corrected chi connectivity index (χ2v) is 23.4. The topological polar surface area (TPSA) is 11.4 Å². The number of rotatable bonds is 8. The third-order valence-electron chi connectivity index (χ3n) is 18.2. The van der Waals surface area contributed by atoms with Gasteiger partial charge in [-0.1, -0.05) is 192 Å². The summed E-state index contributed by atoms with van der Waals surface area (Å²) in [5, 5.41) is 10.0. The van der Waals surface area contributed by atoms with Crippen molar-refractivity contribution < 1.29 is 0 Å². The van der Waals surface area contributed by atoms with Gasteiger partial charge in [-0.2, -0.15) is 0 Å². The van der Waals surface area contributed by atoms with Crippen LogP contribution in [0.1, 0.15) is 56.4 Å². The highest BCUT2D eigenvalue weighted by atomic mass is 15.2. The van der Waals surface area contributed by atoms with Crippen molar-refractivity contribution in [3.63, 3.8) is 0 Å². The molecule has 376 valence electrons. The summed E-state index contributed by atoms with van der Waals surface area (Å²) in [7, 11) is 0. The van der Waals surface area contributed by atoms with Crippen molar-refractivity contribution in [2.75, 3.05) is 9.80 Å². The summed E-state index contributed by atoms with van der Waals surface area (Å²) in [6.45, 7) is 9.76. The monoisotopic (exact) mass is 1010 g/mol. The number of anilines is 5. The Bertz CT molecular complexity index is 4610. The molecule has 1 atom stereocenters. The van der Waals surface area contributed by atoms with E-state index in [0.29, 0.717) is 5.92 Å². The maximum atomic E-state index is 2.65. The van der Waals surface area contributed by atoms with Gasteiger partial charge in [0.05, 0.1) is 16.7 Å². The van der Waals surface area contributed by atoms with E-state index in [0.717, 1.165) is 29.2 Å². The number of para-hydroxylation sites is 1. The van der Waals surface area contributed by atoms with Gasteiger partial charge >= 0.3 is 0 Å². The van der Waals surface area contributed by atoms with Gasteiger partial charge in [-0.3, -0.25) is 0 Å². The van der Waals surface area contributed by atoms with Crippen molar-refractivity contribution in [1.82, 2.24) is 4.57 Å². The largest absolute Gasteiger partial charge is 0.314 e. The molecule has 11 aromatic carbocycles. The lowest BCUT2D eigenvalue weighted by Crippen LogP contribution is -2.33. The molecule has 16 rings (SSSR count). The Hall–Kier alpha value is -9.44. The molecule has 0 N–H and O–H groups in total. The van der Waals surface area contributed by atoms with Crippen LogP contribution in [-0.4, -0.2) is 4.57 Å². The molecule has 0 fully saturated rings. The van der Waals surface area contributed by atoms with E-state index in [1.54, 1.807) is 0 Å². The number of hydrogen-bond acceptors (Lipinski definition) is 2. The first kappa shape index (κ1) is 45.7. The minimum atomic E-state index is -0.245. The van der Waals surface area contributed by atoms with Gasteiger partial charge in [0.1, 0.15) is 0 Å². The summed E-state index contributed by atoms with van der Waals surface area (Å²) in [5.41, 5.74) is 22.3. The van der Waals surface area contributed by atoms with Gasteiger partial charge in [0.2, 0.25) is 0 Å². The summed E-state index contributed by atoms with van der Waals surface area (Å²) in [6, 6.07) is 82.2. The minimum Gasteiger partial charge on any atom is -0.314 e. The fraction of sp³-hybridized carbons (Fsp3) is 0.105. The number of aromatic nitrogens is 1. The summed E-state index contributed by atoms with van der Waals surface area (Å²) >= 11 is 0. The number of fused-ring (bicyclic) bond motifs is 5. The number of allylic oxidation sites excluding steroid dienone is 8. The molecule has 12 aromatic rings. The van der Waals surface area contributed by atoms with Gasteiger partial charge in [-0.15, -0.1) is 0 Å². The molecule has 0 amide bonds. The molecule has 79 heavy (non-hydrogen) atoms. The molecule has 3 nitrogen and oxygen atoms in total. The van der Waals surface area contributed by atoms with Crippen molar-refractivity contribution in [2.24, 2.45) is 5.92 Å². The molecule has 3 heteroatoms. The molecular weight excluding hydrogens is 955 g/mol. The Morgan fingerprint density at radius 2 is 0.823 bits per heavy atom. The maximum absolute atomic E-state index is 2.65. The van der Waals surface area contributed by atoms with E-state index >= 15 is 0 Å². The number of hydrogen-bond donors (Lipinski definition) is 0. The lowest BCUT2D eigenvalue weighted by Gasteiger charge is -2.42. The molecular formula is C76H57N3. The van der Waals surface area contributed by atoms with Crippen LogP contribution in [0, 0.1) is 5.92 Å². The van der Waals surface area contributed by atoms with Crippen LogP contribution in [0.5, 0.6) is 0 Å². The van der Waals surface area contributed by atoms with Crippen LogP contribution in [0.3, 0.4) is 0 Å². The first-order valence-electron chi connectivity index (χ1n) is 28.0. The molecule has 0 saturated heterocycles. The molecule has 1 unspecified atom stereocenters. The van der Waals surface area contributed by atoms with E-state index in [1.165, 1.54) is 121 Å². The number of benzene rings is 11. The molecule has 0 bridgehead atoms. The van der Waals surface area contributed by atoms with Gasteiger partial charge in [-0.05, 0) is 180 Å². The predicted molar refractivity (Wildman–Crippen MR) is 334 cm³/mol. The van der Waals surface area contributed by atoms with Crippen LogP contribution in [0.15, 0.2) is 266 Å². The van der Waals surface area contributed by atoms with Crippen molar-refractivity contribution in [3.8, 4) is 27.9 Å². The van der Waals surface area contributed by atoms with E-state index in [9.17, 15) is 0 Å². The van der Waals surface area contributed by atoms with Gasteiger partial charge in [-0.25, -0.2) is 0 Å². The van der Waals surface area contributed by atoms with Crippen LogP contribution >= 0.6 is 0 Å². The standard InChI is InChI=1S/C76H57N3/c1-75(2)68-22-13-23-69-74(68)79-72-66(44-58(46-70(72)75)52-24-32-60(33-25-52)77(62-36-28-48-14-5-9-18-54(48)40-62)63-37-29-49-15-6-10-19-55(49)41-63)67-45-59(47-71(73(67)79)76(69,3)4)53-26-34-61(35-27-53)78(64-38-30-50-16-7-11-20-56(50)42-64)65-39-31-51-17-8-12-21-57(51)43-65/h5-42,44-47,57H,43H2,1-4H3. The van der Waals surface area contributed by atoms with Gasteiger partial charge < -0.3 is 14.4 Å². The van der Waals surface area contributed by atoms with E-state index < -0.39 is 0 Å². The van der Waals surface area contributed by atoms with Crippen LogP contribution in [-0.2, 0) is 10.8 Å². The second-order valence-electron chi connectivity index (χ2n) is 23.4. The molecule has 3 heterocycles. The Labute approximate surface area is 461 Å². The average Bonchev–Trinajstić information content (AvgIpc) is 2.93. The van der Waals surface area contributed by atoms with E-state index in [4.69, 9.17) is 0 Å². The molecule has 0 spiro atoms. The Morgan fingerprint density at radius 3 is 1.32 bits per heavy atom. The fourth-order valence-electron chi connectivity index (χ4n) is 14.0. The Balaban J connectivity index is 0.845.